The Kier molecular flexibility index (Phi) is 4.99. The smallest absolute Gasteiger partial charge is 0.338 e. The Labute approximate surface area is 133 Å². The molecule has 1 atom stereocenters. The molecule has 0 saturated heterocycles. The number of carbonyl (C=O) groups is 2. The van der Waals surface area contributed by atoms with Crippen LogP contribution < -0.4 is 5.32 Å². The van der Waals surface area contributed by atoms with Crippen LogP contribution in [0.1, 0.15) is 26.5 Å². The van der Waals surface area contributed by atoms with Gasteiger partial charge in [0.2, 0.25) is 0 Å². The second kappa shape index (κ2) is 6.76. The van der Waals surface area contributed by atoms with Crippen molar-refractivity contribution in [1.82, 2.24) is 0 Å². The van der Waals surface area contributed by atoms with Crippen LogP contribution in [0, 0.1) is 0 Å². The maximum atomic E-state index is 12.0. The van der Waals surface area contributed by atoms with E-state index in [-0.39, 0.29) is 17.1 Å². The van der Waals surface area contributed by atoms with Gasteiger partial charge in [-0.05, 0) is 23.8 Å². The average molecular weight is 342 g/mol. The van der Waals surface area contributed by atoms with E-state index in [9.17, 15) is 13.8 Å². The van der Waals surface area contributed by atoms with Crippen molar-refractivity contribution in [2.24, 2.45) is 0 Å². The number of carboxylic acid groups (broad SMARTS) is 1. The van der Waals surface area contributed by atoms with Gasteiger partial charge in [0, 0.05) is 39.6 Å². The summed E-state index contributed by atoms with van der Waals surface area (Å²) in [6, 6.07) is 5.92. The average Bonchev–Trinajstić information content (AvgIpc) is 2.92. The highest BCUT2D eigenvalue weighted by Crippen LogP contribution is 2.22. The number of carbonyl (C=O) groups excluding carboxylic acids is 1. The molecule has 116 valence electrons. The number of amides is 1. The Morgan fingerprint density at radius 2 is 2.09 bits per heavy atom. The van der Waals surface area contributed by atoms with Gasteiger partial charge in [-0.2, -0.15) is 0 Å². The molecule has 22 heavy (non-hydrogen) atoms. The molecule has 0 saturated carbocycles. The number of aromatic carboxylic acids is 1. The zero-order chi connectivity index (χ0) is 16.3. The van der Waals surface area contributed by atoms with Gasteiger partial charge in [-0.15, -0.1) is 0 Å². The fraction of sp³-hybridized carbons (Fsp3) is 0.143. The number of hydrogen-bond donors (Lipinski definition) is 2. The molecule has 0 aliphatic rings. The van der Waals surface area contributed by atoms with Crippen molar-refractivity contribution >= 4 is 40.0 Å². The molecule has 0 radical (unpaired) electrons. The fourth-order valence-corrected chi connectivity index (χ4v) is 2.68. The first kappa shape index (κ1) is 16.3. The number of halogens is 1. The summed E-state index contributed by atoms with van der Waals surface area (Å²) in [6.07, 6.45) is 2.54. The van der Waals surface area contributed by atoms with Crippen LogP contribution in [-0.4, -0.2) is 27.4 Å². The van der Waals surface area contributed by atoms with Crippen molar-refractivity contribution in [2.45, 2.75) is 5.75 Å². The number of hydrogen-bond acceptors (Lipinski definition) is 4. The first-order chi connectivity index (χ1) is 10.4. The molecular weight excluding hydrogens is 330 g/mol. The Morgan fingerprint density at radius 3 is 2.68 bits per heavy atom. The Balaban J connectivity index is 2.17. The zero-order valence-corrected chi connectivity index (χ0v) is 13.0. The Bertz CT molecular complexity index is 755. The quantitative estimate of drug-likeness (QED) is 0.871. The van der Waals surface area contributed by atoms with Crippen LogP contribution in [0.5, 0.6) is 0 Å². The van der Waals surface area contributed by atoms with Crippen LogP contribution in [0.15, 0.2) is 34.9 Å². The Morgan fingerprint density at radius 1 is 1.36 bits per heavy atom. The second-order valence-corrected chi connectivity index (χ2v) is 6.32. The zero-order valence-electron chi connectivity index (χ0n) is 11.5. The number of benzene rings is 1. The molecule has 1 amide bonds. The minimum Gasteiger partial charge on any atom is -0.478 e. The summed E-state index contributed by atoms with van der Waals surface area (Å²) in [6.45, 7) is 0. The summed E-state index contributed by atoms with van der Waals surface area (Å²) in [7, 11) is -1.07. The maximum Gasteiger partial charge on any atom is 0.338 e. The molecule has 2 N–H and O–H groups in total. The van der Waals surface area contributed by atoms with Crippen LogP contribution in [-0.2, 0) is 16.6 Å². The fourth-order valence-electron chi connectivity index (χ4n) is 1.74. The number of nitrogens with one attached hydrogen (secondary N) is 1. The molecule has 1 aromatic carbocycles. The predicted molar refractivity (Wildman–Crippen MR) is 82.8 cm³/mol. The molecular formula is C14H12ClNO5S. The maximum absolute atomic E-state index is 12.0. The number of rotatable bonds is 5. The third-order valence-corrected chi connectivity index (χ3v) is 3.82. The van der Waals surface area contributed by atoms with Gasteiger partial charge in [0.25, 0.3) is 5.91 Å². The van der Waals surface area contributed by atoms with E-state index >= 15 is 0 Å². The lowest BCUT2D eigenvalue weighted by Gasteiger charge is -2.07. The minimum atomic E-state index is -1.18. The molecule has 1 aromatic heterocycles. The largest absolute Gasteiger partial charge is 0.478 e. The standard InChI is InChI=1S/C14H12ClNO5S/c1-22(20)7-9-4-10(2-3-11(9)15)16-13(17)12-5-8(6-21-12)14(18)19/h2-6H,7H2,1H3,(H,16,17)(H,18,19). The van der Waals surface area contributed by atoms with Crippen LogP contribution in [0.4, 0.5) is 5.69 Å². The molecule has 0 fully saturated rings. The highest BCUT2D eigenvalue weighted by atomic mass is 35.5. The van der Waals surface area contributed by atoms with Gasteiger partial charge in [0.1, 0.15) is 6.26 Å². The molecule has 1 unspecified atom stereocenters. The summed E-state index contributed by atoms with van der Waals surface area (Å²) in [4.78, 5) is 22.7. The second-order valence-electron chi connectivity index (χ2n) is 4.48. The molecule has 0 bridgehead atoms. The van der Waals surface area contributed by atoms with Gasteiger partial charge in [-0.25, -0.2) is 4.79 Å². The lowest BCUT2D eigenvalue weighted by molar-refractivity contribution is 0.0696. The topological polar surface area (TPSA) is 96.6 Å². The SMILES string of the molecule is CS(=O)Cc1cc(NC(=O)c2cc(C(=O)O)co2)ccc1Cl. The third kappa shape index (κ3) is 3.96. The molecule has 8 heteroatoms. The molecule has 6 nitrogen and oxygen atoms in total. The highest BCUT2D eigenvalue weighted by molar-refractivity contribution is 7.83. The molecule has 1 heterocycles. The Hall–Kier alpha value is -2.12. The van der Waals surface area contributed by atoms with Crippen molar-refractivity contribution in [3.05, 3.63) is 52.4 Å². The third-order valence-electron chi connectivity index (χ3n) is 2.73. The lowest BCUT2D eigenvalue weighted by atomic mass is 10.2. The van der Waals surface area contributed by atoms with E-state index in [4.69, 9.17) is 21.1 Å². The summed E-state index contributed by atoms with van der Waals surface area (Å²) >= 11 is 6.00. The van der Waals surface area contributed by atoms with E-state index in [2.05, 4.69) is 5.32 Å². The van der Waals surface area contributed by atoms with Gasteiger partial charge in [-0.3, -0.25) is 9.00 Å². The summed E-state index contributed by atoms with van der Waals surface area (Å²) in [5.74, 6) is -1.61. The van der Waals surface area contributed by atoms with E-state index in [1.54, 1.807) is 24.5 Å². The highest BCUT2D eigenvalue weighted by Gasteiger charge is 2.15. The van der Waals surface area contributed by atoms with E-state index in [0.29, 0.717) is 16.3 Å². The molecule has 2 rings (SSSR count). The van der Waals surface area contributed by atoms with Crippen LogP contribution in [0.25, 0.3) is 0 Å². The van der Waals surface area contributed by atoms with Crippen LogP contribution in [0.3, 0.4) is 0 Å². The van der Waals surface area contributed by atoms with Crippen molar-refractivity contribution < 1.29 is 23.3 Å². The van der Waals surface area contributed by atoms with E-state index in [1.165, 1.54) is 0 Å². The molecule has 0 aliphatic heterocycles. The van der Waals surface area contributed by atoms with E-state index < -0.39 is 22.7 Å². The lowest BCUT2D eigenvalue weighted by Crippen LogP contribution is -2.11. The van der Waals surface area contributed by atoms with Crippen LogP contribution >= 0.6 is 11.6 Å². The van der Waals surface area contributed by atoms with Gasteiger partial charge in [-0.1, -0.05) is 11.6 Å². The molecule has 2 aromatic rings. The number of furan rings is 1. The van der Waals surface area contributed by atoms with Crippen molar-refractivity contribution in [3.8, 4) is 0 Å². The van der Waals surface area contributed by atoms with Gasteiger partial charge < -0.3 is 14.8 Å². The summed E-state index contributed by atoms with van der Waals surface area (Å²) in [5, 5.41) is 11.8. The van der Waals surface area contributed by atoms with Gasteiger partial charge in [0.05, 0.1) is 5.56 Å². The monoisotopic (exact) mass is 341 g/mol. The predicted octanol–water partition coefficient (Wildman–Crippen LogP) is 2.76. The van der Waals surface area contributed by atoms with Gasteiger partial charge in [0.15, 0.2) is 5.76 Å². The van der Waals surface area contributed by atoms with E-state index in [1.807, 2.05) is 0 Å². The molecule has 0 spiro atoms. The number of anilines is 1. The van der Waals surface area contributed by atoms with Crippen molar-refractivity contribution in [2.75, 3.05) is 11.6 Å². The van der Waals surface area contributed by atoms with Crippen molar-refractivity contribution in [3.63, 3.8) is 0 Å². The first-order valence-corrected chi connectivity index (χ1v) is 8.19. The van der Waals surface area contributed by atoms with E-state index in [0.717, 1.165) is 12.3 Å². The summed E-state index contributed by atoms with van der Waals surface area (Å²) in [5.41, 5.74) is 0.984. The normalized spacial score (nSPS) is 11.9. The van der Waals surface area contributed by atoms with Gasteiger partial charge >= 0.3 is 5.97 Å². The first-order valence-electron chi connectivity index (χ1n) is 6.08. The van der Waals surface area contributed by atoms with Crippen LogP contribution in [0.2, 0.25) is 5.02 Å². The summed E-state index contributed by atoms with van der Waals surface area (Å²) < 4.78 is 16.2. The minimum absolute atomic E-state index is 0.108. The number of carboxylic acids is 1. The molecule has 0 aliphatic carbocycles. The van der Waals surface area contributed by atoms with Crippen molar-refractivity contribution in [1.29, 1.82) is 0 Å².